The normalized spacial score (nSPS) is 43.4. The van der Waals surface area contributed by atoms with Crippen LogP contribution in [0, 0.1) is 5.92 Å². The van der Waals surface area contributed by atoms with E-state index in [9.17, 15) is 0 Å². The van der Waals surface area contributed by atoms with Crippen molar-refractivity contribution in [3.63, 3.8) is 0 Å². The third kappa shape index (κ3) is 2.34. The smallest absolute Gasteiger partial charge is 0.0264 e. The minimum atomic E-state index is 0.752. The van der Waals surface area contributed by atoms with E-state index in [0.717, 1.165) is 23.3 Å². The summed E-state index contributed by atoms with van der Waals surface area (Å²) in [4.78, 5) is 2.76. The van der Waals surface area contributed by atoms with Gasteiger partial charge in [-0.2, -0.15) is 11.8 Å². The van der Waals surface area contributed by atoms with Crippen LogP contribution in [-0.2, 0) is 0 Å². The van der Waals surface area contributed by atoms with Gasteiger partial charge in [0.05, 0.1) is 0 Å². The maximum Gasteiger partial charge on any atom is 0.0264 e. The lowest BCUT2D eigenvalue weighted by Crippen LogP contribution is -2.52. The Bertz CT molecular complexity index is 210. The van der Waals surface area contributed by atoms with Crippen molar-refractivity contribution in [3.05, 3.63) is 0 Å². The fraction of sp³-hybridized carbons (Fsp3) is 1.00. The molecular weight excluding hydrogens is 204 g/mol. The van der Waals surface area contributed by atoms with Crippen LogP contribution in [0.1, 0.15) is 27.2 Å². The Balaban J connectivity index is 2.01. The minimum absolute atomic E-state index is 0.752. The lowest BCUT2D eigenvalue weighted by molar-refractivity contribution is 0.126. The van der Waals surface area contributed by atoms with Crippen LogP contribution in [0.15, 0.2) is 0 Å². The molecule has 1 N–H and O–H groups in total. The average molecular weight is 228 g/mol. The third-order valence-electron chi connectivity index (χ3n) is 4.19. The van der Waals surface area contributed by atoms with E-state index < -0.39 is 0 Å². The summed E-state index contributed by atoms with van der Waals surface area (Å²) < 4.78 is 0. The summed E-state index contributed by atoms with van der Waals surface area (Å²) in [6.07, 6.45) is 1.32. The molecule has 2 aliphatic rings. The molecule has 3 heteroatoms. The Morgan fingerprint density at radius 1 is 1.33 bits per heavy atom. The summed E-state index contributed by atoms with van der Waals surface area (Å²) in [6, 6.07) is 1.55. The van der Waals surface area contributed by atoms with Gasteiger partial charge in [-0.3, -0.25) is 4.90 Å². The van der Waals surface area contributed by atoms with Crippen LogP contribution in [0.5, 0.6) is 0 Å². The maximum absolute atomic E-state index is 3.56. The highest BCUT2D eigenvalue weighted by atomic mass is 32.2. The molecule has 0 aliphatic carbocycles. The van der Waals surface area contributed by atoms with Gasteiger partial charge in [0, 0.05) is 36.2 Å². The molecule has 2 fully saturated rings. The molecule has 0 bridgehead atoms. The van der Waals surface area contributed by atoms with Crippen LogP contribution in [-0.4, -0.2) is 47.6 Å². The van der Waals surface area contributed by atoms with Crippen molar-refractivity contribution in [1.82, 2.24) is 10.2 Å². The first-order valence-corrected chi connectivity index (χ1v) is 7.37. The van der Waals surface area contributed by atoms with Gasteiger partial charge in [0.15, 0.2) is 0 Å². The second-order valence-corrected chi connectivity index (χ2v) is 6.43. The molecule has 0 aromatic carbocycles. The lowest BCUT2D eigenvalue weighted by Gasteiger charge is -2.43. The van der Waals surface area contributed by atoms with Gasteiger partial charge >= 0.3 is 0 Å². The molecule has 0 radical (unpaired) electrons. The van der Waals surface area contributed by atoms with Crippen molar-refractivity contribution in [2.75, 3.05) is 25.4 Å². The number of hydrogen-bond donors (Lipinski definition) is 1. The topological polar surface area (TPSA) is 15.3 Å². The predicted octanol–water partition coefficient (Wildman–Crippen LogP) is 1.81. The monoisotopic (exact) mass is 228 g/mol. The van der Waals surface area contributed by atoms with E-state index in [1.807, 2.05) is 0 Å². The fourth-order valence-electron chi connectivity index (χ4n) is 2.95. The van der Waals surface area contributed by atoms with Crippen molar-refractivity contribution < 1.29 is 0 Å². The first-order valence-electron chi connectivity index (χ1n) is 6.32. The van der Waals surface area contributed by atoms with Gasteiger partial charge in [-0.25, -0.2) is 0 Å². The molecule has 0 aromatic rings. The second-order valence-electron chi connectivity index (χ2n) is 4.95. The van der Waals surface area contributed by atoms with E-state index in [1.165, 1.54) is 31.8 Å². The van der Waals surface area contributed by atoms with Gasteiger partial charge in [-0.15, -0.1) is 0 Å². The molecule has 4 atom stereocenters. The Labute approximate surface area is 98.2 Å². The maximum atomic E-state index is 3.56. The van der Waals surface area contributed by atoms with E-state index in [-0.39, 0.29) is 0 Å². The Morgan fingerprint density at radius 2 is 2.13 bits per heavy atom. The molecule has 4 unspecified atom stereocenters. The van der Waals surface area contributed by atoms with Gasteiger partial charge in [-0.05, 0) is 19.4 Å². The van der Waals surface area contributed by atoms with E-state index in [1.54, 1.807) is 0 Å². The van der Waals surface area contributed by atoms with Gasteiger partial charge < -0.3 is 5.32 Å². The molecule has 2 aliphatic heterocycles. The van der Waals surface area contributed by atoms with Gasteiger partial charge in [-0.1, -0.05) is 20.3 Å². The summed E-state index contributed by atoms with van der Waals surface area (Å²) in [5.74, 6) is 2.20. The van der Waals surface area contributed by atoms with E-state index in [0.29, 0.717) is 0 Å². The number of hydrogen-bond acceptors (Lipinski definition) is 3. The van der Waals surface area contributed by atoms with Crippen molar-refractivity contribution in [1.29, 1.82) is 0 Å². The summed E-state index contributed by atoms with van der Waals surface area (Å²) in [5, 5.41) is 4.36. The van der Waals surface area contributed by atoms with E-state index in [2.05, 4.69) is 42.7 Å². The number of thioether (sulfide) groups is 1. The zero-order valence-corrected chi connectivity index (χ0v) is 11.0. The van der Waals surface area contributed by atoms with Crippen molar-refractivity contribution in [2.24, 2.45) is 5.92 Å². The molecule has 2 nitrogen and oxygen atoms in total. The largest absolute Gasteiger partial charge is 0.315 e. The zero-order valence-electron chi connectivity index (χ0n) is 10.2. The Hall–Kier alpha value is 0.270. The SMILES string of the molecule is CCC1CNCC1N1CCSC(C)C1C. The number of nitrogens with zero attached hydrogens (tertiary/aromatic N) is 1. The molecule has 2 heterocycles. The number of nitrogens with one attached hydrogen (secondary N) is 1. The van der Waals surface area contributed by atoms with Gasteiger partial charge in [0.2, 0.25) is 0 Å². The third-order valence-corrected chi connectivity index (χ3v) is 5.53. The number of rotatable bonds is 2. The zero-order chi connectivity index (χ0) is 10.8. The standard InChI is InChI=1S/C12H24N2S/c1-4-11-7-13-8-12(11)14-5-6-15-10(3)9(14)2/h9-13H,4-8H2,1-3H3. The summed E-state index contributed by atoms with van der Waals surface area (Å²) in [5.41, 5.74) is 0. The second kappa shape index (κ2) is 5.07. The minimum Gasteiger partial charge on any atom is -0.315 e. The van der Waals surface area contributed by atoms with Crippen molar-refractivity contribution in [3.8, 4) is 0 Å². The van der Waals surface area contributed by atoms with Crippen LogP contribution < -0.4 is 5.32 Å². The predicted molar refractivity (Wildman–Crippen MR) is 68.5 cm³/mol. The molecule has 88 valence electrons. The Kier molecular flexibility index (Phi) is 3.97. The van der Waals surface area contributed by atoms with E-state index >= 15 is 0 Å². The van der Waals surface area contributed by atoms with Gasteiger partial charge in [0.25, 0.3) is 0 Å². The van der Waals surface area contributed by atoms with Crippen LogP contribution in [0.25, 0.3) is 0 Å². The van der Waals surface area contributed by atoms with Gasteiger partial charge in [0.1, 0.15) is 0 Å². The van der Waals surface area contributed by atoms with E-state index in [4.69, 9.17) is 0 Å². The lowest BCUT2D eigenvalue weighted by atomic mass is 9.97. The molecule has 2 saturated heterocycles. The van der Waals surface area contributed by atoms with Crippen molar-refractivity contribution >= 4 is 11.8 Å². The highest BCUT2D eigenvalue weighted by Crippen LogP contribution is 2.29. The highest BCUT2D eigenvalue weighted by molar-refractivity contribution is 8.00. The molecule has 0 saturated carbocycles. The van der Waals surface area contributed by atoms with Crippen LogP contribution in [0.3, 0.4) is 0 Å². The Morgan fingerprint density at radius 3 is 2.87 bits per heavy atom. The van der Waals surface area contributed by atoms with Crippen LogP contribution in [0.4, 0.5) is 0 Å². The molecule has 0 aromatic heterocycles. The summed E-state index contributed by atoms with van der Waals surface area (Å²) in [6.45, 7) is 10.8. The molecule has 2 rings (SSSR count). The van der Waals surface area contributed by atoms with Crippen LogP contribution in [0.2, 0.25) is 0 Å². The summed E-state index contributed by atoms with van der Waals surface area (Å²) >= 11 is 2.14. The first-order chi connectivity index (χ1) is 7.24. The van der Waals surface area contributed by atoms with Crippen LogP contribution >= 0.6 is 11.8 Å². The highest BCUT2D eigenvalue weighted by Gasteiger charge is 2.36. The van der Waals surface area contributed by atoms with Crippen molar-refractivity contribution in [2.45, 2.75) is 44.5 Å². The molecule has 0 spiro atoms. The molecule has 15 heavy (non-hydrogen) atoms. The average Bonchev–Trinajstić information content (AvgIpc) is 2.70. The molecule has 0 amide bonds. The quantitative estimate of drug-likeness (QED) is 0.776. The fourth-order valence-corrected chi connectivity index (χ4v) is 4.07. The molecular formula is C12H24N2S. The summed E-state index contributed by atoms with van der Waals surface area (Å²) in [7, 11) is 0. The first kappa shape index (κ1) is 11.7.